The van der Waals surface area contributed by atoms with Crippen molar-refractivity contribution in [2.75, 3.05) is 11.4 Å². The fraction of sp³-hybridized carbons (Fsp3) is 0.519. The molecule has 0 N–H and O–H groups in total. The third-order valence-corrected chi connectivity index (χ3v) is 6.39. The molecule has 2 aromatic carbocycles. The zero-order valence-corrected chi connectivity index (χ0v) is 20.6. The lowest BCUT2D eigenvalue weighted by molar-refractivity contribution is -0.209. The van der Waals surface area contributed by atoms with Gasteiger partial charge in [-0.05, 0) is 51.8 Å². The van der Waals surface area contributed by atoms with Crippen molar-refractivity contribution < 1.29 is 23.7 Å². The summed E-state index contributed by atoms with van der Waals surface area (Å²) in [5.41, 5.74) is 2.75. The Morgan fingerprint density at radius 3 is 2.50 bits per heavy atom. The van der Waals surface area contributed by atoms with E-state index in [-0.39, 0.29) is 18.2 Å². The fourth-order valence-corrected chi connectivity index (χ4v) is 5.11. The first kappa shape index (κ1) is 23.1. The number of carbonyl (C=O) groups is 1. The molecule has 34 heavy (non-hydrogen) atoms. The summed E-state index contributed by atoms with van der Waals surface area (Å²) >= 11 is 0. The van der Waals surface area contributed by atoms with Crippen LogP contribution in [0.2, 0.25) is 0 Å². The molecule has 0 radical (unpaired) electrons. The van der Waals surface area contributed by atoms with Crippen LogP contribution in [0.4, 0.5) is 10.5 Å². The van der Waals surface area contributed by atoms with E-state index in [0.717, 1.165) is 17.8 Å². The molecule has 3 aliphatic rings. The lowest BCUT2D eigenvalue weighted by Gasteiger charge is -2.41. The molecule has 0 saturated carbocycles. The summed E-state index contributed by atoms with van der Waals surface area (Å²) in [6.45, 7) is 11.1. The van der Waals surface area contributed by atoms with Crippen LogP contribution in [-0.4, -0.2) is 53.5 Å². The van der Waals surface area contributed by atoms with E-state index in [1.165, 1.54) is 5.56 Å². The van der Waals surface area contributed by atoms with Crippen LogP contribution in [0.5, 0.6) is 0 Å². The minimum Gasteiger partial charge on any atom is -0.444 e. The number of benzene rings is 2. The predicted octanol–water partition coefficient (Wildman–Crippen LogP) is 4.69. The molecule has 0 bridgehead atoms. The van der Waals surface area contributed by atoms with Crippen LogP contribution < -0.4 is 4.90 Å². The molecule has 7 nitrogen and oxygen atoms in total. The average molecular weight is 467 g/mol. The first-order valence-electron chi connectivity index (χ1n) is 12.0. The molecule has 0 spiro atoms. The lowest BCUT2D eigenvalue weighted by atomic mass is 9.99. The highest BCUT2D eigenvalue weighted by atomic mass is 16.8. The number of hydrogen-bond acceptors (Lipinski definition) is 6. The van der Waals surface area contributed by atoms with Gasteiger partial charge in [-0.3, -0.25) is 4.90 Å². The van der Waals surface area contributed by atoms with Gasteiger partial charge in [-0.25, -0.2) is 4.79 Å². The van der Waals surface area contributed by atoms with Gasteiger partial charge in [-0.2, -0.15) is 0 Å². The molecular formula is C27H34N2O5. The Hall–Kier alpha value is -2.61. The van der Waals surface area contributed by atoms with Gasteiger partial charge in [0.05, 0.1) is 12.6 Å². The van der Waals surface area contributed by atoms with Crippen LogP contribution in [0.15, 0.2) is 54.6 Å². The zero-order valence-electron chi connectivity index (χ0n) is 20.6. The molecule has 5 rings (SSSR count). The topological polar surface area (TPSA) is 60.5 Å². The van der Waals surface area contributed by atoms with Gasteiger partial charge in [0.15, 0.2) is 12.1 Å². The summed E-state index contributed by atoms with van der Waals surface area (Å²) in [6, 6.07) is 18.3. The van der Waals surface area contributed by atoms with E-state index in [4.69, 9.17) is 18.9 Å². The van der Waals surface area contributed by atoms with E-state index in [9.17, 15) is 4.79 Å². The molecule has 182 valence electrons. The van der Waals surface area contributed by atoms with Crippen LogP contribution in [0.3, 0.4) is 0 Å². The van der Waals surface area contributed by atoms with E-state index in [1.807, 2.05) is 52.8 Å². The summed E-state index contributed by atoms with van der Waals surface area (Å²) in [5, 5.41) is 0. The molecule has 0 aliphatic carbocycles. The lowest BCUT2D eigenvalue weighted by Crippen LogP contribution is -2.55. The van der Waals surface area contributed by atoms with E-state index in [1.54, 1.807) is 4.90 Å². The van der Waals surface area contributed by atoms with Crippen molar-refractivity contribution >= 4 is 11.8 Å². The maximum absolute atomic E-state index is 13.5. The molecule has 3 aliphatic heterocycles. The van der Waals surface area contributed by atoms with Crippen molar-refractivity contribution in [3.8, 4) is 0 Å². The van der Waals surface area contributed by atoms with E-state index < -0.39 is 23.8 Å². The van der Waals surface area contributed by atoms with Crippen LogP contribution >= 0.6 is 0 Å². The second kappa shape index (κ2) is 8.56. The number of rotatable bonds is 2. The molecule has 7 heteroatoms. The second-order valence-electron chi connectivity index (χ2n) is 10.7. The van der Waals surface area contributed by atoms with Gasteiger partial charge in [0.1, 0.15) is 17.8 Å². The van der Waals surface area contributed by atoms with E-state index in [2.05, 4.69) is 41.3 Å². The Labute approximate surface area is 201 Å². The summed E-state index contributed by atoms with van der Waals surface area (Å²) in [4.78, 5) is 17.6. The second-order valence-corrected chi connectivity index (χ2v) is 10.7. The Kier molecular flexibility index (Phi) is 5.82. The maximum Gasteiger partial charge on any atom is 0.411 e. The van der Waals surface area contributed by atoms with Crippen molar-refractivity contribution in [2.24, 2.45) is 0 Å². The molecular weight excluding hydrogens is 432 g/mol. The normalized spacial score (nSPS) is 27.9. The highest BCUT2D eigenvalue weighted by molar-refractivity contribution is 5.70. The molecule has 2 aromatic rings. The molecule has 0 unspecified atom stereocenters. The minimum atomic E-state index is -0.774. The highest BCUT2D eigenvalue weighted by Crippen LogP contribution is 2.42. The number of carbonyl (C=O) groups excluding carboxylic acids is 1. The number of fused-ring (bicyclic) bond motifs is 4. The number of nitrogens with zero attached hydrogens (tertiary/aromatic N) is 2. The number of anilines is 1. The Bertz CT molecular complexity index is 1030. The quantitative estimate of drug-likeness (QED) is 0.640. The number of para-hydroxylation sites is 1. The van der Waals surface area contributed by atoms with Crippen molar-refractivity contribution in [3.05, 3.63) is 65.7 Å². The highest BCUT2D eigenvalue weighted by Gasteiger charge is 2.58. The SMILES string of the molecule is CC(C)(C)OC(=O)N1Cc2ccccc2N(Cc2ccccc2)C[C@H]2O[C@@H]3OC(C)(C)O[C@@H]3[C@H]21. The van der Waals surface area contributed by atoms with E-state index in [0.29, 0.717) is 13.1 Å². The maximum atomic E-state index is 13.5. The number of hydrogen-bond donors (Lipinski definition) is 0. The molecule has 2 saturated heterocycles. The monoisotopic (exact) mass is 466 g/mol. The number of amides is 1. The van der Waals surface area contributed by atoms with Crippen molar-refractivity contribution in [1.29, 1.82) is 0 Å². The smallest absolute Gasteiger partial charge is 0.411 e. The van der Waals surface area contributed by atoms with Gasteiger partial charge in [0.25, 0.3) is 0 Å². The molecule has 2 fully saturated rings. The third kappa shape index (κ3) is 4.65. The Balaban J connectivity index is 1.54. The van der Waals surface area contributed by atoms with Crippen LogP contribution in [0.25, 0.3) is 0 Å². The minimum absolute atomic E-state index is 0.296. The zero-order chi connectivity index (χ0) is 24.1. The van der Waals surface area contributed by atoms with Crippen molar-refractivity contribution in [1.82, 2.24) is 4.90 Å². The first-order chi connectivity index (χ1) is 16.1. The third-order valence-electron chi connectivity index (χ3n) is 6.39. The molecule has 4 atom stereocenters. The Morgan fingerprint density at radius 1 is 1.06 bits per heavy atom. The average Bonchev–Trinajstić information content (AvgIpc) is 3.21. The van der Waals surface area contributed by atoms with Crippen molar-refractivity contribution in [2.45, 2.75) is 83.6 Å². The van der Waals surface area contributed by atoms with E-state index >= 15 is 0 Å². The molecule has 0 aromatic heterocycles. The van der Waals surface area contributed by atoms with Gasteiger partial charge in [0, 0.05) is 18.8 Å². The first-order valence-corrected chi connectivity index (χ1v) is 12.0. The summed E-state index contributed by atoms with van der Waals surface area (Å²) < 4.78 is 24.6. The fourth-order valence-electron chi connectivity index (χ4n) is 5.11. The molecule has 3 heterocycles. The van der Waals surface area contributed by atoms with Crippen molar-refractivity contribution in [3.63, 3.8) is 0 Å². The van der Waals surface area contributed by atoms with Gasteiger partial charge >= 0.3 is 6.09 Å². The van der Waals surface area contributed by atoms with Gasteiger partial charge in [-0.15, -0.1) is 0 Å². The largest absolute Gasteiger partial charge is 0.444 e. The van der Waals surface area contributed by atoms with Gasteiger partial charge in [-0.1, -0.05) is 48.5 Å². The predicted molar refractivity (Wildman–Crippen MR) is 128 cm³/mol. The van der Waals surface area contributed by atoms with Crippen LogP contribution in [0.1, 0.15) is 45.7 Å². The van der Waals surface area contributed by atoms with Crippen LogP contribution in [-0.2, 0) is 32.0 Å². The number of ether oxygens (including phenoxy) is 4. The summed E-state index contributed by atoms with van der Waals surface area (Å²) in [5.74, 6) is -0.774. The molecule has 1 amide bonds. The van der Waals surface area contributed by atoms with Gasteiger partial charge in [0.2, 0.25) is 0 Å². The van der Waals surface area contributed by atoms with Crippen LogP contribution in [0, 0.1) is 0 Å². The summed E-state index contributed by atoms with van der Waals surface area (Å²) in [6.07, 6.45) is -1.59. The van der Waals surface area contributed by atoms with Gasteiger partial charge < -0.3 is 23.8 Å². The summed E-state index contributed by atoms with van der Waals surface area (Å²) in [7, 11) is 0. The Morgan fingerprint density at radius 2 is 1.76 bits per heavy atom. The standard InChI is InChI=1S/C27H34N2O5/c1-26(2,3)34-25(30)29-16-19-13-9-10-14-20(19)28(15-18-11-7-6-8-12-18)17-21-22(29)23-24(31-21)33-27(4,5)32-23/h6-14,21-24H,15-17H2,1-5H3/t21-,22+,23-,24-/m1/s1.